The van der Waals surface area contributed by atoms with Gasteiger partial charge in [-0.1, -0.05) is 0 Å². The Balaban J connectivity index is 1.55. The van der Waals surface area contributed by atoms with Gasteiger partial charge in [0.1, 0.15) is 11.6 Å². The quantitative estimate of drug-likeness (QED) is 0.889. The van der Waals surface area contributed by atoms with Crippen LogP contribution in [0, 0.1) is 11.7 Å². The topological polar surface area (TPSA) is 44.8 Å². The van der Waals surface area contributed by atoms with Gasteiger partial charge in [-0.05, 0) is 18.2 Å². The molecule has 2 heterocycles. The van der Waals surface area contributed by atoms with Crippen LogP contribution in [0.2, 0.25) is 0 Å². The summed E-state index contributed by atoms with van der Waals surface area (Å²) in [5.74, 6) is 0.888. The lowest BCUT2D eigenvalue weighted by molar-refractivity contribution is -0.138. The average molecular weight is 307 g/mol. The molecule has 0 aliphatic carbocycles. The number of halogens is 1. The van der Waals surface area contributed by atoms with E-state index in [-0.39, 0.29) is 17.6 Å². The fraction of sp³-hybridized carbons (Fsp3) is 0.562. The number of benzene rings is 1. The van der Waals surface area contributed by atoms with E-state index >= 15 is 0 Å². The number of hydrogen-bond acceptors (Lipinski definition) is 4. The van der Waals surface area contributed by atoms with E-state index in [4.69, 9.17) is 4.74 Å². The van der Waals surface area contributed by atoms with Crippen molar-refractivity contribution in [3.63, 3.8) is 0 Å². The number of nitrogens with zero attached hydrogens (tertiary/aromatic N) is 2. The first-order valence-electron chi connectivity index (χ1n) is 7.71. The van der Waals surface area contributed by atoms with Crippen molar-refractivity contribution in [3.8, 4) is 5.75 Å². The number of ether oxygens (including phenoxy) is 1. The predicted octanol–water partition coefficient (Wildman–Crippen LogP) is 0.698. The van der Waals surface area contributed by atoms with Crippen LogP contribution in [0.4, 0.5) is 4.39 Å². The lowest BCUT2D eigenvalue weighted by Crippen LogP contribution is -2.56. The summed E-state index contributed by atoms with van der Waals surface area (Å²) in [6.07, 6.45) is 0. The first-order chi connectivity index (χ1) is 10.7. The maximum Gasteiger partial charge on any atom is 0.228 e. The van der Waals surface area contributed by atoms with Crippen LogP contribution < -0.4 is 10.1 Å². The van der Waals surface area contributed by atoms with Crippen LogP contribution in [-0.2, 0) is 11.3 Å². The molecule has 6 heteroatoms. The van der Waals surface area contributed by atoms with Crippen molar-refractivity contribution in [2.24, 2.45) is 5.92 Å². The van der Waals surface area contributed by atoms with Crippen molar-refractivity contribution in [1.82, 2.24) is 15.1 Å². The fourth-order valence-corrected chi connectivity index (χ4v) is 2.96. The molecule has 1 N–H and O–H groups in total. The van der Waals surface area contributed by atoms with Gasteiger partial charge in [0.05, 0.1) is 13.0 Å². The molecule has 0 aromatic heterocycles. The Hall–Kier alpha value is -1.66. The van der Waals surface area contributed by atoms with Gasteiger partial charge in [0.2, 0.25) is 5.91 Å². The van der Waals surface area contributed by atoms with E-state index in [1.54, 1.807) is 13.2 Å². The molecule has 5 nitrogen and oxygen atoms in total. The third kappa shape index (κ3) is 3.23. The Labute approximate surface area is 130 Å². The number of piperazine rings is 1. The zero-order valence-electron chi connectivity index (χ0n) is 12.8. The van der Waals surface area contributed by atoms with Gasteiger partial charge in [-0.2, -0.15) is 0 Å². The van der Waals surface area contributed by atoms with Crippen molar-refractivity contribution < 1.29 is 13.9 Å². The van der Waals surface area contributed by atoms with Crippen molar-refractivity contribution in [3.05, 3.63) is 29.6 Å². The molecule has 22 heavy (non-hydrogen) atoms. The van der Waals surface area contributed by atoms with Gasteiger partial charge in [-0.3, -0.25) is 9.69 Å². The monoisotopic (exact) mass is 307 g/mol. The Kier molecular flexibility index (Phi) is 4.59. The summed E-state index contributed by atoms with van der Waals surface area (Å²) in [4.78, 5) is 16.4. The molecule has 0 spiro atoms. The van der Waals surface area contributed by atoms with Gasteiger partial charge < -0.3 is 15.0 Å². The molecule has 1 amide bonds. The molecule has 2 aliphatic heterocycles. The summed E-state index contributed by atoms with van der Waals surface area (Å²) < 4.78 is 18.7. The molecule has 2 saturated heterocycles. The van der Waals surface area contributed by atoms with E-state index in [1.165, 1.54) is 12.1 Å². The van der Waals surface area contributed by atoms with Crippen LogP contribution in [0.25, 0.3) is 0 Å². The largest absolute Gasteiger partial charge is 0.496 e. The zero-order valence-corrected chi connectivity index (χ0v) is 12.8. The molecule has 120 valence electrons. The lowest BCUT2D eigenvalue weighted by Gasteiger charge is -2.38. The van der Waals surface area contributed by atoms with Gasteiger partial charge in [0, 0.05) is 51.4 Å². The normalized spacial score (nSPS) is 19.8. The average Bonchev–Trinajstić information content (AvgIpc) is 2.46. The molecule has 0 radical (unpaired) electrons. The van der Waals surface area contributed by atoms with Crippen molar-refractivity contribution >= 4 is 5.91 Å². The van der Waals surface area contributed by atoms with Crippen LogP contribution >= 0.6 is 0 Å². The molecule has 2 aliphatic rings. The molecule has 0 bridgehead atoms. The molecule has 3 rings (SSSR count). The smallest absolute Gasteiger partial charge is 0.228 e. The summed E-state index contributed by atoms with van der Waals surface area (Å²) in [6.45, 7) is 5.37. The summed E-state index contributed by atoms with van der Waals surface area (Å²) in [5.41, 5.74) is 0.852. The third-order valence-electron chi connectivity index (χ3n) is 4.45. The predicted molar refractivity (Wildman–Crippen MR) is 81.2 cm³/mol. The Bertz CT molecular complexity index is 540. The standard InChI is InChI=1S/C16H22FN3O2/c1-22-15-3-2-14(17)8-12(15)11-19-4-6-20(7-5-19)16(21)13-9-18-10-13/h2-3,8,13,18H,4-7,9-11H2,1H3. The molecule has 1 aromatic carbocycles. The van der Waals surface area contributed by atoms with Crippen molar-refractivity contribution in [1.29, 1.82) is 0 Å². The van der Waals surface area contributed by atoms with Crippen LogP contribution in [0.3, 0.4) is 0 Å². The molecule has 0 saturated carbocycles. The van der Waals surface area contributed by atoms with E-state index in [9.17, 15) is 9.18 Å². The first-order valence-corrected chi connectivity index (χ1v) is 7.71. The van der Waals surface area contributed by atoms with Crippen LogP contribution in [0.1, 0.15) is 5.56 Å². The maximum atomic E-state index is 13.4. The second-order valence-corrected chi connectivity index (χ2v) is 5.91. The highest BCUT2D eigenvalue weighted by molar-refractivity contribution is 5.80. The van der Waals surface area contributed by atoms with Crippen molar-refractivity contribution in [2.45, 2.75) is 6.54 Å². The van der Waals surface area contributed by atoms with Gasteiger partial charge >= 0.3 is 0 Å². The second-order valence-electron chi connectivity index (χ2n) is 5.91. The van der Waals surface area contributed by atoms with Crippen LogP contribution in [-0.4, -0.2) is 62.1 Å². The highest BCUT2D eigenvalue weighted by atomic mass is 19.1. The number of rotatable bonds is 4. The SMILES string of the molecule is COc1ccc(F)cc1CN1CCN(C(=O)C2CNC2)CC1. The van der Waals surface area contributed by atoms with Gasteiger partial charge in [-0.25, -0.2) is 4.39 Å². The number of carbonyl (C=O) groups excluding carboxylic acids is 1. The Morgan fingerprint density at radius 3 is 2.64 bits per heavy atom. The number of carbonyl (C=O) groups is 1. The number of hydrogen-bond donors (Lipinski definition) is 1. The molecular weight excluding hydrogens is 285 g/mol. The Morgan fingerprint density at radius 2 is 2.05 bits per heavy atom. The van der Waals surface area contributed by atoms with Crippen molar-refractivity contribution in [2.75, 3.05) is 46.4 Å². The minimum Gasteiger partial charge on any atom is -0.496 e. The van der Waals surface area contributed by atoms with E-state index in [0.29, 0.717) is 12.3 Å². The molecule has 2 fully saturated rings. The number of nitrogens with one attached hydrogen (secondary N) is 1. The van der Waals surface area contributed by atoms with Gasteiger partial charge in [0.15, 0.2) is 0 Å². The molecule has 0 atom stereocenters. The minimum absolute atomic E-state index is 0.162. The van der Waals surface area contributed by atoms with Crippen LogP contribution in [0.15, 0.2) is 18.2 Å². The fourth-order valence-electron chi connectivity index (χ4n) is 2.96. The first kappa shape index (κ1) is 15.2. The molecule has 0 unspecified atom stereocenters. The minimum atomic E-state index is -0.248. The van der Waals surface area contributed by atoms with Gasteiger partial charge in [-0.15, -0.1) is 0 Å². The summed E-state index contributed by atoms with van der Waals surface area (Å²) >= 11 is 0. The van der Waals surface area contributed by atoms with Gasteiger partial charge in [0.25, 0.3) is 0 Å². The van der Waals surface area contributed by atoms with E-state index in [1.807, 2.05) is 4.90 Å². The summed E-state index contributed by atoms with van der Waals surface area (Å²) in [6, 6.07) is 4.59. The highest BCUT2D eigenvalue weighted by Crippen LogP contribution is 2.22. The van der Waals surface area contributed by atoms with E-state index in [0.717, 1.165) is 44.8 Å². The molecular formula is C16H22FN3O2. The highest BCUT2D eigenvalue weighted by Gasteiger charge is 2.31. The maximum absolute atomic E-state index is 13.4. The second kappa shape index (κ2) is 6.62. The number of amides is 1. The van der Waals surface area contributed by atoms with Crippen LogP contribution in [0.5, 0.6) is 5.75 Å². The Morgan fingerprint density at radius 1 is 1.32 bits per heavy atom. The third-order valence-corrected chi connectivity index (χ3v) is 4.45. The zero-order chi connectivity index (χ0) is 15.5. The summed E-state index contributed by atoms with van der Waals surface area (Å²) in [7, 11) is 1.60. The lowest BCUT2D eigenvalue weighted by atomic mass is 10.0. The van der Waals surface area contributed by atoms with E-state index in [2.05, 4.69) is 10.2 Å². The van der Waals surface area contributed by atoms with E-state index < -0.39 is 0 Å². The number of methoxy groups -OCH3 is 1. The molecule has 1 aromatic rings. The summed E-state index contributed by atoms with van der Waals surface area (Å²) in [5, 5.41) is 3.13.